The summed E-state index contributed by atoms with van der Waals surface area (Å²) in [6, 6.07) is 13.9. The van der Waals surface area contributed by atoms with Gasteiger partial charge in [0, 0.05) is 32.4 Å². The molecule has 5 nitrogen and oxygen atoms in total. The average molecular weight is 368 g/mol. The number of anilines is 2. The van der Waals surface area contributed by atoms with Gasteiger partial charge in [-0.15, -0.1) is 0 Å². The van der Waals surface area contributed by atoms with E-state index in [2.05, 4.69) is 57.9 Å². The molecular formula is C22H33N5. The monoisotopic (exact) mass is 367 g/mol. The third-order valence-corrected chi connectivity index (χ3v) is 5.54. The normalized spacial score (nSPS) is 20.9. The Morgan fingerprint density at radius 2 is 1.74 bits per heavy atom. The summed E-state index contributed by atoms with van der Waals surface area (Å²) in [5.41, 5.74) is 1.44. The molecule has 0 saturated heterocycles. The van der Waals surface area contributed by atoms with Gasteiger partial charge in [-0.3, -0.25) is 0 Å². The number of aromatic nitrogens is 2. The molecule has 1 saturated carbocycles. The molecule has 1 aromatic carbocycles. The summed E-state index contributed by atoms with van der Waals surface area (Å²) in [7, 11) is 4.00. The zero-order valence-corrected chi connectivity index (χ0v) is 16.9. The Morgan fingerprint density at radius 1 is 1.04 bits per heavy atom. The Morgan fingerprint density at radius 3 is 2.44 bits per heavy atom. The molecule has 146 valence electrons. The lowest BCUT2D eigenvalue weighted by Gasteiger charge is -2.30. The summed E-state index contributed by atoms with van der Waals surface area (Å²) < 4.78 is 0. The minimum absolute atomic E-state index is 0.476. The molecule has 27 heavy (non-hydrogen) atoms. The van der Waals surface area contributed by atoms with Crippen LogP contribution < -0.4 is 15.5 Å². The van der Waals surface area contributed by atoms with Crippen LogP contribution in [0.4, 0.5) is 11.8 Å². The zero-order valence-electron chi connectivity index (χ0n) is 16.9. The Labute approximate surface area is 163 Å². The molecule has 1 fully saturated rings. The Hall–Kier alpha value is -2.14. The highest BCUT2D eigenvalue weighted by Gasteiger charge is 2.21. The van der Waals surface area contributed by atoms with Crippen molar-refractivity contribution in [2.75, 3.05) is 30.9 Å². The molecule has 1 atom stereocenters. The van der Waals surface area contributed by atoms with Gasteiger partial charge in [0.25, 0.3) is 0 Å². The van der Waals surface area contributed by atoms with E-state index in [0.717, 1.165) is 18.3 Å². The predicted octanol–water partition coefficient (Wildman–Crippen LogP) is 4.05. The second-order valence-electron chi connectivity index (χ2n) is 7.88. The highest BCUT2D eigenvalue weighted by Crippen LogP contribution is 2.23. The largest absolute Gasteiger partial charge is 0.363 e. The van der Waals surface area contributed by atoms with Crippen LogP contribution in [-0.4, -0.2) is 42.7 Å². The van der Waals surface area contributed by atoms with Crippen molar-refractivity contribution in [1.82, 2.24) is 15.3 Å². The van der Waals surface area contributed by atoms with Crippen LogP contribution in [0.2, 0.25) is 0 Å². The van der Waals surface area contributed by atoms with Gasteiger partial charge in [-0.2, -0.15) is 4.98 Å². The molecule has 5 heteroatoms. The van der Waals surface area contributed by atoms with Gasteiger partial charge >= 0.3 is 0 Å². The van der Waals surface area contributed by atoms with Crippen molar-refractivity contribution in [2.24, 2.45) is 0 Å². The van der Waals surface area contributed by atoms with E-state index in [4.69, 9.17) is 0 Å². The first-order valence-corrected chi connectivity index (χ1v) is 10.2. The van der Waals surface area contributed by atoms with Crippen molar-refractivity contribution in [2.45, 2.75) is 57.0 Å². The highest BCUT2D eigenvalue weighted by atomic mass is 15.2. The molecule has 2 N–H and O–H groups in total. The summed E-state index contributed by atoms with van der Waals surface area (Å²) in [5.74, 6) is 2.29. The van der Waals surface area contributed by atoms with Crippen LogP contribution >= 0.6 is 0 Å². The van der Waals surface area contributed by atoms with E-state index in [1.165, 1.54) is 37.7 Å². The minimum Gasteiger partial charge on any atom is -0.363 e. The van der Waals surface area contributed by atoms with E-state index in [1.807, 2.05) is 31.3 Å². The molecule has 1 heterocycles. The van der Waals surface area contributed by atoms with Gasteiger partial charge in [-0.1, -0.05) is 37.3 Å². The van der Waals surface area contributed by atoms with Crippen LogP contribution in [0.5, 0.6) is 0 Å². The van der Waals surface area contributed by atoms with Crippen molar-refractivity contribution in [3.8, 4) is 0 Å². The van der Waals surface area contributed by atoms with Crippen molar-refractivity contribution in [1.29, 1.82) is 0 Å². The maximum Gasteiger partial charge on any atom is 0.224 e. The lowest BCUT2D eigenvalue weighted by atomic mass is 9.91. The molecule has 1 unspecified atom stereocenters. The SMILES string of the molecule is CC(CCN[C@H]1CC[C@@H](Nc2nccc(N(C)C)n2)CC1)c1ccccc1. The van der Waals surface area contributed by atoms with E-state index < -0.39 is 0 Å². The third kappa shape index (κ3) is 5.93. The number of nitrogens with one attached hydrogen (secondary N) is 2. The number of hydrogen-bond donors (Lipinski definition) is 2. The van der Waals surface area contributed by atoms with Crippen molar-refractivity contribution in [3.63, 3.8) is 0 Å². The highest BCUT2D eigenvalue weighted by molar-refractivity contribution is 5.41. The van der Waals surface area contributed by atoms with Crippen LogP contribution in [-0.2, 0) is 0 Å². The molecule has 0 amide bonds. The molecule has 0 aliphatic heterocycles. The van der Waals surface area contributed by atoms with Gasteiger partial charge in [-0.05, 0) is 56.2 Å². The number of hydrogen-bond acceptors (Lipinski definition) is 5. The topological polar surface area (TPSA) is 53.1 Å². The Bertz CT molecular complexity index is 680. The molecule has 1 aliphatic carbocycles. The predicted molar refractivity (Wildman–Crippen MR) is 114 cm³/mol. The van der Waals surface area contributed by atoms with Gasteiger partial charge < -0.3 is 15.5 Å². The van der Waals surface area contributed by atoms with Crippen molar-refractivity contribution < 1.29 is 0 Å². The molecule has 0 spiro atoms. The first-order chi connectivity index (χ1) is 13.1. The van der Waals surface area contributed by atoms with Crippen molar-refractivity contribution in [3.05, 3.63) is 48.2 Å². The van der Waals surface area contributed by atoms with Gasteiger partial charge in [0.05, 0.1) is 0 Å². The maximum absolute atomic E-state index is 4.57. The van der Waals surface area contributed by atoms with Crippen LogP contribution in [0.25, 0.3) is 0 Å². The lowest BCUT2D eigenvalue weighted by molar-refractivity contribution is 0.349. The summed E-state index contributed by atoms with van der Waals surface area (Å²) >= 11 is 0. The fraction of sp³-hybridized carbons (Fsp3) is 0.545. The van der Waals surface area contributed by atoms with E-state index >= 15 is 0 Å². The molecule has 0 radical (unpaired) electrons. The van der Waals surface area contributed by atoms with Crippen LogP contribution in [0.1, 0.15) is 50.5 Å². The van der Waals surface area contributed by atoms with Gasteiger partial charge in [-0.25, -0.2) is 4.98 Å². The van der Waals surface area contributed by atoms with Crippen LogP contribution in [0.3, 0.4) is 0 Å². The molecule has 2 aromatic rings. The van der Waals surface area contributed by atoms with Gasteiger partial charge in [0.1, 0.15) is 5.82 Å². The van der Waals surface area contributed by atoms with Gasteiger partial charge in [0.15, 0.2) is 0 Å². The summed E-state index contributed by atoms with van der Waals surface area (Å²) in [4.78, 5) is 10.9. The van der Waals surface area contributed by atoms with E-state index in [-0.39, 0.29) is 0 Å². The van der Waals surface area contributed by atoms with E-state index in [1.54, 1.807) is 0 Å². The minimum atomic E-state index is 0.476. The fourth-order valence-electron chi connectivity index (χ4n) is 3.74. The van der Waals surface area contributed by atoms with Crippen molar-refractivity contribution >= 4 is 11.8 Å². The summed E-state index contributed by atoms with van der Waals surface area (Å²) in [5, 5.41) is 7.28. The molecule has 0 bridgehead atoms. The maximum atomic E-state index is 4.57. The quantitative estimate of drug-likeness (QED) is 0.737. The third-order valence-electron chi connectivity index (χ3n) is 5.54. The first kappa shape index (κ1) is 19.6. The molecule has 3 rings (SSSR count). The zero-order chi connectivity index (χ0) is 19.1. The average Bonchev–Trinajstić information content (AvgIpc) is 2.70. The van der Waals surface area contributed by atoms with Crippen LogP contribution in [0, 0.1) is 0 Å². The van der Waals surface area contributed by atoms with Gasteiger partial charge in [0.2, 0.25) is 5.95 Å². The second kappa shape index (κ2) is 9.70. The van der Waals surface area contributed by atoms with Crippen LogP contribution in [0.15, 0.2) is 42.6 Å². The number of nitrogens with zero attached hydrogens (tertiary/aromatic N) is 3. The van der Waals surface area contributed by atoms with E-state index in [9.17, 15) is 0 Å². The standard InChI is InChI=1S/C22H33N5/c1-17(18-7-5-4-6-8-18)13-15-23-19-9-11-20(12-10-19)25-22-24-16-14-21(26-22)27(2)3/h4-8,14,16-17,19-20,23H,9-13,15H2,1-3H3,(H,24,25,26)/t17?,19-,20+. The molecular weight excluding hydrogens is 334 g/mol. The first-order valence-electron chi connectivity index (χ1n) is 10.2. The molecule has 1 aromatic heterocycles. The second-order valence-corrected chi connectivity index (χ2v) is 7.88. The molecule has 1 aliphatic rings. The fourth-order valence-corrected chi connectivity index (χ4v) is 3.74. The summed E-state index contributed by atoms with van der Waals surface area (Å²) in [6.07, 6.45) is 7.78. The number of benzene rings is 1. The smallest absolute Gasteiger partial charge is 0.224 e. The Balaban J connectivity index is 1.37. The Kier molecular flexibility index (Phi) is 7.04. The number of rotatable bonds is 8. The van der Waals surface area contributed by atoms with E-state index in [0.29, 0.717) is 18.0 Å². The lowest BCUT2D eigenvalue weighted by Crippen LogP contribution is -2.37. The summed E-state index contributed by atoms with van der Waals surface area (Å²) in [6.45, 7) is 3.41.